The first kappa shape index (κ1) is 22.3. The number of aromatic nitrogens is 4. The van der Waals surface area contributed by atoms with Gasteiger partial charge in [-0.25, -0.2) is 14.6 Å². The van der Waals surface area contributed by atoms with Crippen LogP contribution in [-0.4, -0.2) is 50.3 Å². The molecule has 1 aliphatic heterocycles. The molecule has 1 amide bonds. The molecule has 4 rings (SSSR count). The maximum absolute atomic E-state index is 13.0. The fraction of sp³-hybridized carbons (Fsp3) is 0.455. The Hall–Kier alpha value is -2.88. The molecule has 0 N–H and O–H groups in total. The molecule has 0 aliphatic carbocycles. The van der Waals surface area contributed by atoms with E-state index in [1.54, 1.807) is 28.2 Å². The molecule has 3 heterocycles. The van der Waals surface area contributed by atoms with E-state index < -0.39 is 6.61 Å². The molecule has 0 fully saturated rings. The Morgan fingerprint density at radius 3 is 2.66 bits per heavy atom. The maximum Gasteiger partial charge on any atom is 0.387 e. The normalized spacial score (nSPS) is 13.8. The zero-order chi connectivity index (χ0) is 22.7. The first-order chi connectivity index (χ1) is 15.4. The topological polar surface area (TPSA) is 73.1 Å². The molecule has 3 aromatic rings. The van der Waals surface area contributed by atoms with Gasteiger partial charge in [0.25, 0.3) is 0 Å². The second-order valence-electron chi connectivity index (χ2n) is 7.65. The molecule has 1 aliphatic rings. The third-order valence-electron chi connectivity index (χ3n) is 5.31. The van der Waals surface area contributed by atoms with Crippen molar-refractivity contribution in [2.24, 2.45) is 0 Å². The van der Waals surface area contributed by atoms with Gasteiger partial charge in [-0.15, -0.1) is 11.3 Å². The summed E-state index contributed by atoms with van der Waals surface area (Å²) in [4.78, 5) is 25.4. The number of ether oxygens (including phenoxy) is 1. The van der Waals surface area contributed by atoms with Crippen LogP contribution in [0.4, 0.5) is 8.78 Å². The summed E-state index contributed by atoms with van der Waals surface area (Å²) in [6.45, 7) is 2.62. The van der Waals surface area contributed by atoms with E-state index in [9.17, 15) is 13.6 Å². The zero-order valence-electron chi connectivity index (χ0n) is 18.1. The monoisotopic (exact) mass is 461 g/mol. The van der Waals surface area contributed by atoms with Gasteiger partial charge in [0, 0.05) is 42.8 Å². The van der Waals surface area contributed by atoms with Gasteiger partial charge >= 0.3 is 6.61 Å². The Morgan fingerprint density at radius 2 is 1.94 bits per heavy atom. The van der Waals surface area contributed by atoms with Crippen molar-refractivity contribution in [3.8, 4) is 17.1 Å². The number of alkyl halides is 2. The van der Waals surface area contributed by atoms with Crippen LogP contribution in [0.25, 0.3) is 11.4 Å². The minimum atomic E-state index is -2.87. The molecule has 0 saturated heterocycles. The van der Waals surface area contributed by atoms with E-state index in [4.69, 9.17) is 0 Å². The number of halogens is 2. The lowest BCUT2D eigenvalue weighted by atomic mass is 10.2. The van der Waals surface area contributed by atoms with E-state index in [0.29, 0.717) is 30.9 Å². The lowest BCUT2D eigenvalue weighted by molar-refractivity contribution is -0.132. The molecule has 0 radical (unpaired) electrons. The van der Waals surface area contributed by atoms with Crippen LogP contribution in [0.1, 0.15) is 34.7 Å². The SMILES string of the molecule is CCCc1nc(-c2ccc(OC(F)F)cc2)nn1CC(=O)N1CCc2nc(C)sc2CC1. The summed E-state index contributed by atoms with van der Waals surface area (Å²) < 4.78 is 30.8. The summed E-state index contributed by atoms with van der Waals surface area (Å²) in [7, 11) is 0. The van der Waals surface area contributed by atoms with Gasteiger partial charge in [0.05, 0.1) is 10.7 Å². The van der Waals surface area contributed by atoms with Gasteiger partial charge in [0.1, 0.15) is 18.1 Å². The van der Waals surface area contributed by atoms with Gasteiger partial charge in [-0.05, 0) is 37.6 Å². The van der Waals surface area contributed by atoms with E-state index in [0.717, 1.165) is 35.8 Å². The lowest BCUT2D eigenvalue weighted by Crippen LogP contribution is -2.36. The molecule has 0 unspecified atom stereocenters. The van der Waals surface area contributed by atoms with E-state index in [-0.39, 0.29) is 18.2 Å². The highest BCUT2D eigenvalue weighted by Crippen LogP contribution is 2.24. The molecule has 0 spiro atoms. The fourth-order valence-electron chi connectivity index (χ4n) is 3.79. The molecule has 1 aromatic carbocycles. The number of aryl methyl sites for hydroxylation is 2. The van der Waals surface area contributed by atoms with Crippen molar-refractivity contribution in [1.82, 2.24) is 24.6 Å². The minimum absolute atomic E-state index is 0.00589. The van der Waals surface area contributed by atoms with Crippen LogP contribution < -0.4 is 4.74 Å². The molecule has 10 heteroatoms. The Labute approximate surface area is 189 Å². The number of carbonyl (C=O) groups excluding carboxylic acids is 1. The smallest absolute Gasteiger partial charge is 0.387 e. The third-order valence-corrected chi connectivity index (χ3v) is 6.38. The van der Waals surface area contributed by atoms with Crippen molar-refractivity contribution >= 4 is 17.2 Å². The second kappa shape index (κ2) is 9.72. The molecule has 0 atom stereocenters. The van der Waals surface area contributed by atoms with Crippen LogP contribution in [-0.2, 0) is 30.6 Å². The highest BCUT2D eigenvalue weighted by molar-refractivity contribution is 7.11. The van der Waals surface area contributed by atoms with E-state index in [2.05, 4.69) is 19.8 Å². The van der Waals surface area contributed by atoms with Crippen molar-refractivity contribution < 1.29 is 18.3 Å². The average Bonchev–Trinajstić information content (AvgIpc) is 3.25. The summed E-state index contributed by atoms with van der Waals surface area (Å²) in [5, 5.41) is 5.62. The number of carbonyl (C=O) groups is 1. The van der Waals surface area contributed by atoms with E-state index in [1.165, 1.54) is 17.0 Å². The largest absolute Gasteiger partial charge is 0.435 e. The number of rotatable bonds is 7. The summed E-state index contributed by atoms with van der Waals surface area (Å²) in [5.74, 6) is 1.27. The Bertz CT molecular complexity index is 1060. The van der Waals surface area contributed by atoms with Gasteiger partial charge in [-0.2, -0.15) is 13.9 Å². The molecular weight excluding hydrogens is 436 g/mol. The molecule has 170 valence electrons. The molecule has 7 nitrogen and oxygen atoms in total. The predicted molar refractivity (Wildman–Crippen MR) is 117 cm³/mol. The average molecular weight is 462 g/mol. The third kappa shape index (κ3) is 5.12. The van der Waals surface area contributed by atoms with Crippen LogP contribution in [0.3, 0.4) is 0 Å². The summed E-state index contributed by atoms with van der Waals surface area (Å²) in [6.07, 6.45) is 3.14. The van der Waals surface area contributed by atoms with Crippen molar-refractivity contribution in [3.05, 3.63) is 45.7 Å². The molecule has 0 saturated carbocycles. The number of hydrogen-bond donors (Lipinski definition) is 0. The van der Waals surface area contributed by atoms with Gasteiger partial charge in [-0.1, -0.05) is 6.92 Å². The minimum Gasteiger partial charge on any atom is -0.435 e. The highest BCUT2D eigenvalue weighted by Gasteiger charge is 2.23. The zero-order valence-corrected chi connectivity index (χ0v) is 18.9. The lowest BCUT2D eigenvalue weighted by Gasteiger charge is -2.20. The summed E-state index contributed by atoms with van der Waals surface area (Å²) >= 11 is 1.71. The molecule has 0 bridgehead atoms. The number of hydrogen-bond acceptors (Lipinski definition) is 6. The quantitative estimate of drug-likeness (QED) is 0.534. The highest BCUT2D eigenvalue weighted by atomic mass is 32.1. The maximum atomic E-state index is 13.0. The standard InChI is InChI=1S/C22H25F2N5O2S/c1-3-4-19-26-21(15-5-7-16(8-6-15)31-22(23)24)27-29(19)13-20(30)28-11-9-17-18(10-12-28)32-14(2)25-17/h5-8,22H,3-4,9-13H2,1-2H3. The summed E-state index contributed by atoms with van der Waals surface area (Å²) in [5.41, 5.74) is 1.78. The fourth-order valence-corrected chi connectivity index (χ4v) is 4.76. The first-order valence-corrected chi connectivity index (χ1v) is 11.5. The number of nitrogens with zero attached hydrogens (tertiary/aromatic N) is 5. The van der Waals surface area contributed by atoms with Crippen LogP contribution in [0.15, 0.2) is 24.3 Å². The Balaban J connectivity index is 1.47. The van der Waals surface area contributed by atoms with Crippen molar-refractivity contribution in [1.29, 1.82) is 0 Å². The van der Waals surface area contributed by atoms with Crippen molar-refractivity contribution in [2.45, 2.75) is 52.7 Å². The van der Waals surface area contributed by atoms with Crippen LogP contribution in [0, 0.1) is 6.92 Å². The molecule has 32 heavy (non-hydrogen) atoms. The molecule has 2 aromatic heterocycles. The van der Waals surface area contributed by atoms with E-state index >= 15 is 0 Å². The van der Waals surface area contributed by atoms with E-state index in [1.807, 2.05) is 18.7 Å². The van der Waals surface area contributed by atoms with Crippen LogP contribution >= 0.6 is 11.3 Å². The first-order valence-electron chi connectivity index (χ1n) is 10.6. The predicted octanol–water partition coefficient (Wildman–Crippen LogP) is 3.89. The number of benzene rings is 1. The number of thiazole rings is 1. The summed E-state index contributed by atoms with van der Waals surface area (Å²) in [6, 6.07) is 6.19. The van der Waals surface area contributed by atoms with Crippen LogP contribution in [0.2, 0.25) is 0 Å². The Kier molecular flexibility index (Phi) is 6.78. The van der Waals surface area contributed by atoms with Gasteiger partial charge < -0.3 is 9.64 Å². The van der Waals surface area contributed by atoms with Crippen molar-refractivity contribution in [2.75, 3.05) is 13.1 Å². The van der Waals surface area contributed by atoms with Crippen molar-refractivity contribution in [3.63, 3.8) is 0 Å². The Morgan fingerprint density at radius 1 is 1.19 bits per heavy atom. The second-order valence-corrected chi connectivity index (χ2v) is 8.93. The molecular formula is C22H25F2N5O2S. The van der Waals surface area contributed by atoms with Gasteiger partial charge in [0.15, 0.2) is 5.82 Å². The van der Waals surface area contributed by atoms with Gasteiger partial charge in [0.2, 0.25) is 5.91 Å². The number of amides is 1. The number of fused-ring (bicyclic) bond motifs is 1. The van der Waals surface area contributed by atoms with Gasteiger partial charge in [-0.3, -0.25) is 4.79 Å². The van der Waals surface area contributed by atoms with Crippen LogP contribution in [0.5, 0.6) is 5.75 Å².